The van der Waals surface area contributed by atoms with Gasteiger partial charge in [-0.3, -0.25) is 9.59 Å². The first-order valence-corrected chi connectivity index (χ1v) is 6.25. The number of halogens is 1. The topological polar surface area (TPSA) is 49.4 Å². The number of nitrogens with zero attached hydrogens (tertiary/aromatic N) is 1. The zero-order valence-corrected chi connectivity index (χ0v) is 10.4. The smallest absolute Gasteiger partial charge is 0.234 e. The third-order valence-corrected chi connectivity index (χ3v) is 3.30. The maximum absolute atomic E-state index is 11.1. The fourth-order valence-electron chi connectivity index (χ4n) is 2.00. The molecule has 0 aromatic heterocycles. The lowest BCUT2D eigenvalue weighted by Gasteiger charge is -2.31. The number of nitrogens with one attached hydrogen (secondary N) is 1. The highest BCUT2D eigenvalue weighted by Crippen LogP contribution is 2.19. The molecule has 1 heterocycles. The lowest BCUT2D eigenvalue weighted by atomic mass is 9.93. The minimum Gasteiger partial charge on any atom is -0.355 e. The van der Waals surface area contributed by atoms with Crippen LogP contribution in [0.1, 0.15) is 26.2 Å². The minimum atomic E-state index is -0.108. The standard InChI is InChI=1S/C11H19ClN2O2/c1-9(15)14-6-3-10(4-7-14)2-5-13-11(16)8-12/h10H,2-8H2,1H3,(H,13,16). The molecule has 2 amide bonds. The van der Waals surface area contributed by atoms with Crippen molar-refractivity contribution in [2.24, 2.45) is 5.92 Å². The summed E-state index contributed by atoms with van der Waals surface area (Å²) >= 11 is 5.37. The zero-order chi connectivity index (χ0) is 12.0. The molecule has 1 rings (SSSR count). The van der Waals surface area contributed by atoms with Crippen LogP contribution < -0.4 is 5.32 Å². The molecule has 0 atom stereocenters. The highest BCUT2D eigenvalue weighted by Gasteiger charge is 2.20. The largest absolute Gasteiger partial charge is 0.355 e. The molecule has 1 N–H and O–H groups in total. The van der Waals surface area contributed by atoms with Crippen molar-refractivity contribution in [3.63, 3.8) is 0 Å². The summed E-state index contributed by atoms with van der Waals surface area (Å²) in [6.07, 6.45) is 3.06. The second kappa shape index (κ2) is 6.74. The van der Waals surface area contributed by atoms with Crippen LogP contribution in [0.15, 0.2) is 0 Å². The van der Waals surface area contributed by atoms with Crippen molar-refractivity contribution in [2.45, 2.75) is 26.2 Å². The van der Waals surface area contributed by atoms with Gasteiger partial charge in [0.15, 0.2) is 0 Å². The Labute approximate surface area is 101 Å². The monoisotopic (exact) mass is 246 g/mol. The molecule has 5 heteroatoms. The number of hydrogen-bond acceptors (Lipinski definition) is 2. The van der Waals surface area contributed by atoms with Gasteiger partial charge in [0.25, 0.3) is 0 Å². The Morgan fingerprint density at radius 1 is 1.38 bits per heavy atom. The van der Waals surface area contributed by atoms with Crippen LogP contribution in [0.3, 0.4) is 0 Å². The van der Waals surface area contributed by atoms with Gasteiger partial charge in [-0.2, -0.15) is 0 Å². The molecule has 0 saturated carbocycles. The van der Waals surface area contributed by atoms with Crippen LogP contribution in [0.25, 0.3) is 0 Å². The van der Waals surface area contributed by atoms with Gasteiger partial charge in [0.1, 0.15) is 5.88 Å². The van der Waals surface area contributed by atoms with Crippen molar-refractivity contribution in [1.82, 2.24) is 10.2 Å². The highest BCUT2D eigenvalue weighted by molar-refractivity contribution is 6.27. The van der Waals surface area contributed by atoms with Crippen molar-refractivity contribution in [2.75, 3.05) is 25.5 Å². The van der Waals surface area contributed by atoms with Crippen molar-refractivity contribution in [3.8, 4) is 0 Å². The first-order chi connectivity index (χ1) is 7.63. The molecule has 0 spiro atoms. The van der Waals surface area contributed by atoms with E-state index in [2.05, 4.69) is 5.32 Å². The van der Waals surface area contributed by atoms with E-state index >= 15 is 0 Å². The highest BCUT2D eigenvalue weighted by atomic mass is 35.5. The Kier molecular flexibility index (Phi) is 5.60. The fourth-order valence-corrected chi connectivity index (χ4v) is 2.09. The van der Waals surface area contributed by atoms with Crippen molar-refractivity contribution >= 4 is 23.4 Å². The summed E-state index contributed by atoms with van der Waals surface area (Å²) in [5, 5.41) is 2.76. The molecule has 1 aliphatic heterocycles. The van der Waals surface area contributed by atoms with E-state index in [0.29, 0.717) is 12.5 Å². The molecule has 0 bridgehead atoms. The Morgan fingerprint density at radius 2 is 2.00 bits per heavy atom. The average molecular weight is 247 g/mol. The van der Waals surface area contributed by atoms with E-state index < -0.39 is 0 Å². The van der Waals surface area contributed by atoms with Gasteiger partial charge >= 0.3 is 0 Å². The Bertz CT molecular complexity index is 250. The molecule has 0 aliphatic carbocycles. The first-order valence-electron chi connectivity index (χ1n) is 5.71. The second-order valence-corrected chi connectivity index (χ2v) is 4.49. The number of amides is 2. The van der Waals surface area contributed by atoms with Gasteiger partial charge in [0.05, 0.1) is 0 Å². The maximum atomic E-state index is 11.1. The molecule has 0 unspecified atom stereocenters. The van der Waals surface area contributed by atoms with Gasteiger partial charge < -0.3 is 10.2 Å². The van der Waals surface area contributed by atoms with Crippen LogP contribution in [0.2, 0.25) is 0 Å². The molecule has 1 fully saturated rings. The summed E-state index contributed by atoms with van der Waals surface area (Å²) in [5.41, 5.74) is 0. The van der Waals surface area contributed by atoms with Crippen LogP contribution in [0.4, 0.5) is 0 Å². The molecule has 0 aromatic carbocycles. The number of carbonyl (C=O) groups excluding carboxylic acids is 2. The maximum Gasteiger partial charge on any atom is 0.234 e. The Balaban J connectivity index is 2.13. The summed E-state index contributed by atoms with van der Waals surface area (Å²) in [7, 11) is 0. The molecule has 92 valence electrons. The number of hydrogen-bond donors (Lipinski definition) is 1. The van der Waals surface area contributed by atoms with Gasteiger partial charge in [-0.25, -0.2) is 0 Å². The molecular formula is C11H19ClN2O2. The third kappa shape index (κ3) is 4.39. The Morgan fingerprint density at radius 3 is 2.50 bits per heavy atom. The molecule has 1 aliphatic rings. The van der Waals surface area contributed by atoms with Gasteiger partial charge in [0, 0.05) is 26.6 Å². The summed E-state index contributed by atoms with van der Waals surface area (Å²) in [4.78, 5) is 23.9. The van der Waals surface area contributed by atoms with E-state index in [1.165, 1.54) is 0 Å². The van der Waals surface area contributed by atoms with E-state index in [1.807, 2.05) is 4.90 Å². The molecule has 0 radical (unpaired) electrons. The quantitative estimate of drug-likeness (QED) is 0.752. The number of alkyl halides is 1. The van der Waals surface area contributed by atoms with E-state index in [-0.39, 0.29) is 17.7 Å². The number of piperidine rings is 1. The predicted molar refractivity (Wildman–Crippen MR) is 63.3 cm³/mol. The number of carbonyl (C=O) groups is 2. The zero-order valence-electron chi connectivity index (χ0n) is 9.67. The van der Waals surface area contributed by atoms with Gasteiger partial charge in [-0.05, 0) is 25.2 Å². The van der Waals surface area contributed by atoms with Crippen molar-refractivity contribution in [3.05, 3.63) is 0 Å². The van der Waals surface area contributed by atoms with Crippen molar-refractivity contribution in [1.29, 1.82) is 0 Å². The van der Waals surface area contributed by atoms with E-state index in [1.54, 1.807) is 6.92 Å². The molecule has 4 nitrogen and oxygen atoms in total. The molecule has 1 saturated heterocycles. The Hall–Kier alpha value is -0.770. The van der Waals surface area contributed by atoms with E-state index in [0.717, 1.165) is 32.4 Å². The third-order valence-electron chi connectivity index (χ3n) is 3.06. The summed E-state index contributed by atoms with van der Waals surface area (Å²) in [6.45, 7) is 4.00. The normalized spacial score (nSPS) is 17.2. The molecular weight excluding hydrogens is 228 g/mol. The summed E-state index contributed by atoms with van der Waals surface area (Å²) in [6, 6.07) is 0. The van der Waals surface area contributed by atoms with Crippen LogP contribution in [-0.2, 0) is 9.59 Å². The second-order valence-electron chi connectivity index (χ2n) is 4.22. The minimum absolute atomic E-state index is 0.0305. The van der Waals surface area contributed by atoms with Crippen LogP contribution in [-0.4, -0.2) is 42.2 Å². The summed E-state index contributed by atoms with van der Waals surface area (Å²) < 4.78 is 0. The van der Waals surface area contributed by atoms with Crippen molar-refractivity contribution < 1.29 is 9.59 Å². The lowest BCUT2D eigenvalue weighted by Crippen LogP contribution is -2.38. The first kappa shape index (κ1) is 13.3. The fraction of sp³-hybridized carbons (Fsp3) is 0.818. The van der Waals surface area contributed by atoms with Gasteiger partial charge in [0.2, 0.25) is 11.8 Å². The SMILES string of the molecule is CC(=O)N1CCC(CCNC(=O)CCl)CC1. The molecule has 16 heavy (non-hydrogen) atoms. The number of likely N-dealkylation sites (tertiary alicyclic amines) is 1. The van der Waals surface area contributed by atoms with Gasteiger partial charge in [-0.1, -0.05) is 0 Å². The predicted octanol–water partition coefficient (Wildman–Crippen LogP) is 0.990. The number of rotatable bonds is 4. The summed E-state index contributed by atoms with van der Waals surface area (Å²) in [5.74, 6) is 0.700. The van der Waals surface area contributed by atoms with Crippen LogP contribution in [0.5, 0.6) is 0 Å². The van der Waals surface area contributed by atoms with E-state index in [9.17, 15) is 9.59 Å². The lowest BCUT2D eigenvalue weighted by molar-refractivity contribution is -0.130. The van der Waals surface area contributed by atoms with Crippen LogP contribution in [0, 0.1) is 5.92 Å². The van der Waals surface area contributed by atoms with E-state index in [4.69, 9.17) is 11.6 Å². The van der Waals surface area contributed by atoms with Crippen LogP contribution >= 0.6 is 11.6 Å². The van der Waals surface area contributed by atoms with Gasteiger partial charge in [-0.15, -0.1) is 11.6 Å². The molecule has 0 aromatic rings. The average Bonchev–Trinajstić information content (AvgIpc) is 2.29.